The Kier molecular flexibility index (Phi) is 6.23. The zero-order chi connectivity index (χ0) is 12.7. The third-order valence-corrected chi connectivity index (χ3v) is 2.76. The maximum atomic E-state index is 5.49. The second-order valence-electron chi connectivity index (χ2n) is 4.88. The molecular weight excluding hydrogens is 210 g/mol. The molecule has 0 aliphatic carbocycles. The quantitative estimate of drug-likeness (QED) is 0.733. The highest BCUT2D eigenvalue weighted by atomic mass is 16.5. The number of aryl methyl sites for hydroxylation is 2. The number of hydrogen-bond donors (Lipinski definition) is 1. The van der Waals surface area contributed by atoms with Gasteiger partial charge in [0.15, 0.2) is 0 Å². The van der Waals surface area contributed by atoms with Gasteiger partial charge in [-0.15, -0.1) is 0 Å². The van der Waals surface area contributed by atoms with Crippen molar-refractivity contribution >= 4 is 0 Å². The van der Waals surface area contributed by atoms with Crippen molar-refractivity contribution in [2.45, 2.75) is 46.8 Å². The van der Waals surface area contributed by atoms with Crippen molar-refractivity contribution in [3.8, 4) is 0 Å². The Morgan fingerprint density at radius 3 is 2.65 bits per heavy atom. The van der Waals surface area contributed by atoms with Crippen LogP contribution in [0.5, 0.6) is 0 Å². The summed E-state index contributed by atoms with van der Waals surface area (Å²) in [6, 6.07) is 6.62. The van der Waals surface area contributed by atoms with E-state index in [0.717, 1.165) is 26.1 Å². The molecule has 0 spiro atoms. The molecule has 0 radical (unpaired) electrons. The summed E-state index contributed by atoms with van der Waals surface area (Å²) in [5, 5.41) is 3.46. The van der Waals surface area contributed by atoms with Gasteiger partial charge < -0.3 is 10.1 Å². The van der Waals surface area contributed by atoms with Crippen molar-refractivity contribution in [1.29, 1.82) is 0 Å². The fraction of sp³-hybridized carbons (Fsp3) is 0.600. The van der Waals surface area contributed by atoms with E-state index in [0.29, 0.717) is 6.10 Å². The van der Waals surface area contributed by atoms with Gasteiger partial charge in [-0.2, -0.15) is 0 Å². The lowest BCUT2D eigenvalue weighted by Gasteiger charge is -2.10. The lowest BCUT2D eigenvalue weighted by Crippen LogP contribution is -2.17. The summed E-state index contributed by atoms with van der Waals surface area (Å²) >= 11 is 0. The van der Waals surface area contributed by atoms with Crippen LogP contribution in [0.2, 0.25) is 0 Å². The molecule has 1 rings (SSSR count). The molecule has 0 aromatic heterocycles. The standard InChI is InChI=1S/C15H25NO/c1-12(2)17-9-5-8-16-11-15-7-6-13(3)10-14(15)4/h6-7,10,12,16H,5,8-9,11H2,1-4H3. The number of rotatable bonds is 7. The molecule has 2 nitrogen and oxygen atoms in total. The minimum absolute atomic E-state index is 0.342. The summed E-state index contributed by atoms with van der Waals surface area (Å²) in [6.07, 6.45) is 1.41. The van der Waals surface area contributed by atoms with Gasteiger partial charge in [-0.25, -0.2) is 0 Å². The molecule has 0 bridgehead atoms. The van der Waals surface area contributed by atoms with E-state index in [1.165, 1.54) is 16.7 Å². The summed E-state index contributed by atoms with van der Waals surface area (Å²) in [4.78, 5) is 0. The molecule has 0 unspecified atom stereocenters. The number of hydrogen-bond acceptors (Lipinski definition) is 2. The summed E-state index contributed by atoms with van der Waals surface area (Å²) < 4.78 is 5.49. The molecule has 17 heavy (non-hydrogen) atoms. The topological polar surface area (TPSA) is 21.3 Å². The minimum Gasteiger partial charge on any atom is -0.379 e. The first-order valence-corrected chi connectivity index (χ1v) is 6.48. The van der Waals surface area contributed by atoms with Crippen LogP contribution < -0.4 is 5.32 Å². The van der Waals surface area contributed by atoms with Crippen LogP contribution in [-0.2, 0) is 11.3 Å². The number of ether oxygens (including phenoxy) is 1. The Bertz CT molecular complexity index is 334. The maximum Gasteiger partial charge on any atom is 0.0518 e. The molecule has 0 amide bonds. The summed E-state index contributed by atoms with van der Waals surface area (Å²) in [5.74, 6) is 0. The zero-order valence-corrected chi connectivity index (χ0v) is 11.5. The Morgan fingerprint density at radius 2 is 2.00 bits per heavy atom. The van der Waals surface area contributed by atoms with Crippen LogP contribution >= 0.6 is 0 Å². The monoisotopic (exact) mass is 235 g/mol. The van der Waals surface area contributed by atoms with Crippen LogP contribution in [0.15, 0.2) is 18.2 Å². The van der Waals surface area contributed by atoms with Crippen molar-refractivity contribution in [3.63, 3.8) is 0 Å². The third-order valence-electron chi connectivity index (χ3n) is 2.76. The average Bonchev–Trinajstić information content (AvgIpc) is 2.25. The van der Waals surface area contributed by atoms with Crippen molar-refractivity contribution in [2.75, 3.05) is 13.2 Å². The SMILES string of the molecule is Cc1ccc(CNCCCOC(C)C)c(C)c1. The van der Waals surface area contributed by atoms with E-state index >= 15 is 0 Å². The van der Waals surface area contributed by atoms with Gasteiger partial charge in [-0.3, -0.25) is 0 Å². The van der Waals surface area contributed by atoms with E-state index in [1.54, 1.807) is 0 Å². The molecule has 1 N–H and O–H groups in total. The van der Waals surface area contributed by atoms with E-state index in [4.69, 9.17) is 4.74 Å². The molecule has 0 aliphatic heterocycles. The second-order valence-corrected chi connectivity index (χ2v) is 4.88. The van der Waals surface area contributed by atoms with E-state index in [1.807, 2.05) is 0 Å². The maximum absolute atomic E-state index is 5.49. The highest BCUT2D eigenvalue weighted by Crippen LogP contribution is 2.09. The Morgan fingerprint density at radius 1 is 1.24 bits per heavy atom. The molecule has 96 valence electrons. The molecule has 2 heteroatoms. The van der Waals surface area contributed by atoms with Crippen LogP contribution in [0.25, 0.3) is 0 Å². The molecule has 0 fully saturated rings. The predicted octanol–water partition coefficient (Wildman–Crippen LogP) is 3.21. The van der Waals surface area contributed by atoms with Gasteiger partial charge in [-0.1, -0.05) is 23.8 Å². The molecule has 0 heterocycles. The highest BCUT2D eigenvalue weighted by molar-refractivity contribution is 5.30. The lowest BCUT2D eigenvalue weighted by atomic mass is 10.1. The summed E-state index contributed by atoms with van der Waals surface area (Å²) in [6.45, 7) is 11.3. The fourth-order valence-corrected chi connectivity index (χ4v) is 1.78. The molecular formula is C15H25NO. The van der Waals surface area contributed by atoms with Gasteiger partial charge in [0, 0.05) is 13.2 Å². The van der Waals surface area contributed by atoms with Crippen molar-refractivity contribution in [2.24, 2.45) is 0 Å². The van der Waals surface area contributed by atoms with Gasteiger partial charge in [0.2, 0.25) is 0 Å². The molecule has 0 saturated carbocycles. The molecule has 0 saturated heterocycles. The summed E-state index contributed by atoms with van der Waals surface area (Å²) in [7, 11) is 0. The zero-order valence-electron chi connectivity index (χ0n) is 11.5. The van der Waals surface area contributed by atoms with E-state index in [9.17, 15) is 0 Å². The Balaban J connectivity index is 2.18. The van der Waals surface area contributed by atoms with E-state index in [2.05, 4.69) is 51.2 Å². The number of nitrogens with one attached hydrogen (secondary N) is 1. The lowest BCUT2D eigenvalue weighted by molar-refractivity contribution is 0.0770. The predicted molar refractivity (Wildman–Crippen MR) is 73.3 cm³/mol. The van der Waals surface area contributed by atoms with Crippen LogP contribution in [0.4, 0.5) is 0 Å². The van der Waals surface area contributed by atoms with Crippen LogP contribution in [0, 0.1) is 13.8 Å². The smallest absolute Gasteiger partial charge is 0.0518 e. The Labute approximate surface area is 105 Å². The largest absolute Gasteiger partial charge is 0.379 e. The van der Waals surface area contributed by atoms with E-state index in [-0.39, 0.29) is 0 Å². The molecule has 0 atom stereocenters. The molecule has 1 aromatic carbocycles. The average molecular weight is 235 g/mol. The molecule has 0 aliphatic rings. The first-order chi connectivity index (χ1) is 8.09. The van der Waals surface area contributed by atoms with Crippen molar-refractivity contribution in [3.05, 3.63) is 34.9 Å². The van der Waals surface area contributed by atoms with Gasteiger partial charge in [0.1, 0.15) is 0 Å². The van der Waals surface area contributed by atoms with E-state index < -0.39 is 0 Å². The first kappa shape index (κ1) is 14.2. The van der Waals surface area contributed by atoms with Gasteiger partial charge in [0.25, 0.3) is 0 Å². The van der Waals surface area contributed by atoms with Crippen molar-refractivity contribution < 1.29 is 4.74 Å². The second kappa shape index (κ2) is 7.46. The third kappa shape index (κ3) is 5.85. The van der Waals surface area contributed by atoms with Gasteiger partial charge in [0.05, 0.1) is 6.10 Å². The van der Waals surface area contributed by atoms with Gasteiger partial charge >= 0.3 is 0 Å². The normalized spacial score (nSPS) is 11.1. The van der Waals surface area contributed by atoms with Crippen LogP contribution in [-0.4, -0.2) is 19.3 Å². The molecule has 1 aromatic rings. The van der Waals surface area contributed by atoms with Crippen LogP contribution in [0.3, 0.4) is 0 Å². The minimum atomic E-state index is 0.342. The van der Waals surface area contributed by atoms with Crippen molar-refractivity contribution in [1.82, 2.24) is 5.32 Å². The fourth-order valence-electron chi connectivity index (χ4n) is 1.78. The Hall–Kier alpha value is -0.860. The van der Waals surface area contributed by atoms with Crippen LogP contribution in [0.1, 0.15) is 37.0 Å². The summed E-state index contributed by atoms with van der Waals surface area (Å²) in [5.41, 5.74) is 4.09. The number of benzene rings is 1. The highest BCUT2D eigenvalue weighted by Gasteiger charge is 1.98. The van der Waals surface area contributed by atoms with Gasteiger partial charge in [-0.05, 0) is 51.8 Å². The first-order valence-electron chi connectivity index (χ1n) is 6.48.